The lowest BCUT2D eigenvalue weighted by Crippen LogP contribution is -2.42. The molecule has 0 saturated carbocycles. The standard InChI is InChI=1S/C24H24BrF3N4O2/c1-2-20(31(13-12-29)22(33)17-8-10-18(25)11-9-17)21-30-14-19(24(26,27)28)23(34)32(21)15-16-6-4-3-5-7-16/h3-11,14,20H,2,12-13,15,29H2,1H3. The Labute approximate surface area is 203 Å². The molecule has 3 aromatic rings. The molecule has 10 heteroatoms. The van der Waals surface area contributed by atoms with Crippen LogP contribution >= 0.6 is 15.9 Å². The average molecular weight is 537 g/mol. The highest BCUT2D eigenvalue weighted by Gasteiger charge is 2.37. The summed E-state index contributed by atoms with van der Waals surface area (Å²) < 4.78 is 42.3. The molecule has 0 saturated heterocycles. The highest BCUT2D eigenvalue weighted by atomic mass is 79.9. The predicted molar refractivity (Wildman–Crippen MR) is 126 cm³/mol. The molecule has 1 amide bonds. The van der Waals surface area contributed by atoms with Gasteiger partial charge in [0.05, 0.1) is 12.6 Å². The van der Waals surface area contributed by atoms with Gasteiger partial charge in [-0.1, -0.05) is 53.2 Å². The summed E-state index contributed by atoms with van der Waals surface area (Å²) in [5.41, 5.74) is 4.23. The first-order chi connectivity index (χ1) is 16.2. The number of nitrogens with zero attached hydrogens (tertiary/aromatic N) is 3. The second-order valence-corrected chi connectivity index (χ2v) is 8.54. The van der Waals surface area contributed by atoms with Gasteiger partial charge in [-0.3, -0.25) is 14.2 Å². The lowest BCUT2D eigenvalue weighted by Gasteiger charge is -2.32. The van der Waals surface area contributed by atoms with E-state index in [1.165, 1.54) is 4.90 Å². The van der Waals surface area contributed by atoms with Crippen molar-refractivity contribution in [2.24, 2.45) is 5.73 Å². The molecular weight excluding hydrogens is 513 g/mol. The molecule has 1 aromatic heterocycles. The van der Waals surface area contributed by atoms with Crippen LogP contribution in [0.4, 0.5) is 13.2 Å². The number of carbonyl (C=O) groups excluding carboxylic acids is 1. The summed E-state index contributed by atoms with van der Waals surface area (Å²) in [6.45, 7) is 1.92. The predicted octanol–water partition coefficient (Wildman–Crippen LogP) is 4.63. The van der Waals surface area contributed by atoms with E-state index in [9.17, 15) is 22.8 Å². The van der Waals surface area contributed by atoms with Gasteiger partial charge < -0.3 is 10.6 Å². The highest BCUT2D eigenvalue weighted by molar-refractivity contribution is 9.10. The van der Waals surface area contributed by atoms with E-state index in [-0.39, 0.29) is 31.4 Å². The monoisotopic (exact) mass is 536 g/mol. The van der Waals surface area contributed by atoms with E-state index >= 15 is 0 Å². The molecule has 0 bridgehead atoms. The third-order valence-corrected chi connectivity index (χ3v) is 5.88. The van der Waals surface area contributed by atoms with E-state index in [1.807, 2.05) is 0 Å². The fourth-order valence-corrected chi connectivity index (χ4v) is 3.99. The van der Waals surface area contributed by atoms with Crippen molar-refractivity contribution >= 4 is 21.8 Å². The maximum atomic E-state index is 13.5. The van der Waals surface area contributed by atoms with E-state index in [0.717, 1.165) is 9.04 Å². The summed E-state index contributed by atoms with van der Waals surface area (Å²) in [4.78, 5) is 31.9. The zero-order valence-corrected chi connectivity index (χ0v) is 20.0. The first kappa shape index (κ1) is 25.6. The molecule has 0 radical (unpaired) electrons. The van der Waals surface area contributed by atoms with Crippen LogP contribution in [0.2, 0.25) is 0 Å². The number of halogens is 4. The Balaban J connectivity index is 2.14. The molecule has 1 heterocycles. The van der Waals surface area contributed by atoms with Crippen molar-refractivity contribution in [2.75, 3.05) is 13.1 Å². The van der Waals surface area contributed by atoms with Crippen molar-refractivity contribution in [1.29, 1.82) is 0 Å². The molecule has 6 nitrogen and oxygen atoms in total. The molecule has 2 aromatic carbocycles. The van der Waals surface area contributed by atoms with Crippen molar-refractivity contribution in [2.45, 2.75) is 32.1 Å². The number of alkyl halides is 3. The number of nitrogens with two attached hydrogens (primary N) is 1. The normalized spacial score (nSPS) is 12.4. The second-order valence-electron chi connectivity index (χ2n) is 7.62. The molecule has 0 spiro atoms. The molecule has 0 aliphatic heterocycles. The van der Waals surface area contributed by atoms with E-state index in [0.29, 0.717) is 23.7 Å². The van der Waals surface area contributed by atoms with Gasteiger partial charge in [0.15, 0.2) is 0 Å². The van der Waals surface area contributed by atoms with E-state index < -0.39 is 23.3 Å². The van der Waals surface area contributed by atoms with Gasteiger partial charge in [0.1, 0.15) is 11.4 Å². The van der Waals surface area contributed by atoms with Gasteiger partial charge in [-0.25, -0.2) is 4.98 Å². The maximum absolute atomic E-state index is 13.5. The molecule has 180 valence electrons. The maximum Gasteiger partial charge on any atom is 0.423 e. The summed E-state index contributed by atoms with van der Waals surface area (Å²) in [7, 11) is 0. The lowest BCUT2D eigenvalue weighted by molar-refractivity contribution is -0.139. The van der Waals surface area contributed by atoms with Crippen LogP contribution < -0.4 is 11.3 Å². The fourth-order valence-electron chi connectivity index (χ4n) is 3.72. The fraction of sp³-hybridized carbons (Fsp3) is 0.292. The highest BCUT2D eigenvalue weighted by Crippen LogP contribution is 2.29. The summed E-state index contributed by atoms with van der Waals surface area (Å²) >= 11 is 3.33. The molecule has 0 aliphatic carbocycles. The van der Waals surface area contributed by atoms with Crippen molar-refractivity contribution in [3.8, 4) is 0 Å². The van der Waals surface area contributed by atoms with Crippen LogP contribution in [0.1, 0.15) is 46.7 Å². The second kappa shape index (κ2) is 11.0. The summed E-state index contributed by atoms with van der Waals surface area (Å²) in [6.07, 6.45) is -3.99. The van der Waals surface area contributed by atoms with E-state index in [1.54, 1.807) is 61.5 Å². The van der Waals surface area contributed by atoms with Crippen LogP contribution in [0.5, 0.6) is 0 Å². The van der Waals surface area contributed by atoms with Crippen LogP contribution in [-0.2, 0) is 12.7 Å². The number of aromatic nitrogens is 2. The van der Waals surface area contributed by atoms with Crippen LogP contribution in [-0.4, -0.2) is 33.4 Å². The smallest absolute Gasteiger partial charge is 0.329 e. The molecule has 1 unspecified atom stereocenters. The first-order valence-corrected chi connectivity index (χ1v) is 11.4. The quantitative estimate of drug-likeness (QED) is 0.455. The Morgan fingerprint density at radius 1 is 1.15 bits per heavy atom. The van der Waals surface area contributed by atoms with Crippen LogP contribution in [0.25, 0.3) is 0 Å². The van der Waals surface area contributed by atoms with Gasteiger partial charge in [-0.05, 0) is 36.2 Å². The Kier molecular flexibility index (Phi) is 8.27. The Bertz CT molecular complexity index is 1180. The largest absolute Gasteiger partial charge is 0.423 e. The summed E-state index contributed by atoms with van der Waals surface area (Å²) in [5, 5.41) is 0. The van der Waals surface area contributed by atoms with Crippen LogP contribution in [0.3, 0.4) is 0 Å². The minimum atomic E-state index is -4.85. The number of amides is 1. The van der Waals surface area contributed by atoms with Crippen molar-refractivity contribution in [3.63, 3.8) is 0 Å². The lowest BCUT2D eigenvalue weighted by atomic mass is 10.1. The Hall–Kier alpha value is -2.98. The third-order valence-electron chi connectivity index (χ3n) is 5.35. The number of hydrogen-bond donors (Lipinski definition) is 1. The molecule has 0 aliphatic rings. The number of benzene rings is 2. The van der Waals surface area contributed by atoms with Gasteiger partial charge in [0.2, 0.25) is 0 Å². The number of hydrogen-bond acceptors (Lipinski definition) is 4. The summed E-state index contributed by atoms with van der Waals surface area (Å²) in [5.74, 6) is -0.284. The Morgan fingerprint density at radius 2 is 1.79 bits per heavy atom. The average Bonchev–Trinajstić information content (AvgIpc) is 2.81. The zero-order valence-electron chi connectivity index (χ0n) is 18.4. The van der Waals surface area contributed by atoms with Gasteiger partial charge in [-0.2, -0.15) is 13.2 Å². The van der Waals surface area contributed by atoms with Gasteiger partial charge in [0, 0.05) is 29.3 Å². The van der Waals surface area contributed by atoms with Crippen molar-refractivity contribution in [3.05, 3.63) is 98.1 Å². The van der Waals surface area contributed by atoms with Crippen molar-refractivity contribution < 1.29 is 18.0 Å². The SMILES string of the molecule is CCC(c1ncc(C(F)(F)F)c(=O)n1Cc1ccccc1)N(CCN)C(=O)c1ccc(Br)cc1. The topological polar surface area (TPSA) is 81.2 Å². The van der Waals surface area contributed by atoms with Crippen LogP contribution in [0, 0.1) is 0 Å². The number of carbonyl (C=O) groups is 1. The molecule has 0 fully saturated rings. The minimum absolute atomic E-state index is 0.0725. The van der Waals surface area contributed by atoms with Gasteiger partial charge >= 0.3 is 6.18 Å². The first-order valence-electron chi connectivity index (χ1n) is 10.6. The van der Waals surface area contributed by atoms with E-state index in [4.69, 9.17) is 5.73 Å². The zero-order chi connectivity index (χ0) is 24.9. The molecule has 2 N–H and O–H groups in total. The molecule has 1 atom stereocenters. The molecular formula is C24H24BrF3N4O2. The van der Waals surface area contributed by atoms with Gasteiger partial charge in [-0.15, -0.1) is 0 Å². The van der Waals surface area contributed by atoms with E-state index in [2.05, 4.69) is 20.9 Å². The van der Waals surface area contributed by atoms with Crippen molar-refractivity contribution in [1.82, 2.24) is 14.5 Å². The minimum Gasteiger partial charge on any atom is -0.329 e. The molecule has 34 heavy (non-hydrogen) atoms. The Morgan fingerprint density at radius 3 is 2.35 bits per heavy atom. The van der Waals surface area contributed by atoms with Crippen LogP contribution in [0.15, 0.2) is 70.1 Å². The third kappa shape index (κ3) is 5.74. The number of rotatable bonds is 8. The summed E-state index contributed by atoms with van der Waals surface area (Å²) in [6, 6.07) is 14.6. The van der Waals surface area contributed by atoms with Gasteiger partial charge in [0.25, 0.3) is 11.5 Å². The molecule has 3 rings (SSSR count).